The predicted molar refractivity (Wildman–Crippen MR) is 99.4 cm³/mol. The average molecular weight is 363 g/mol. The SMILES string of the molecule is N#Cc1ccccc1CNc1cnc2ccc(C(=O)NCCO)cn2c1=O. The highest BCUT2D eigenvalue weighted by Crippen LogP contribution is 2.10. The second-order valence-electron chi connectivity index (χ2n) is 5.73. The van der Waals surface area contributed by atoms with Crippen LogP contribution in [-0.2, 0) is 6.54 Å². The first-order valence-electron chi connectivity index (χ1n) is 8.26. The lowest BCUT2D eigenvalue weighted by Gasteiger charge is -2.09. The van der Waals surface area contributed by atoms with Crippen LogP contribution in [0.2, 0.25) is 0 Å². The van der Waals surface area contributed by atoms with Gasteiger partial charge >= 0.3 is 0 Å². The number of fused-ring (bicyclic) bond motifs is 1. The zero-order valence-electron chi connectivity index (χ0n) is 14.3. The van der Waals surface area contributed by atoms with Crippen LogP contribution in [0.5, 0.6) is 0 Å². The largest absolute Gasteiger partial charge is 0.395 e. The molecule has 136 valence electrons. The van der Waals surface area contributed by atoms with Crippen LogP contribution in [0.25, 0.3) is 5.65 Å². The van der Waals surface area contributed by atoms with Crippen LogP contribution >= 0.6 is 0 Å². The van der Waals surface area contributed by atoms with Crippen LogP contribution in [0.4, 0.5) is 5.69 Å². The number of hydrogen-bond donors (Lipinski definition) is 3. The number of aromatic nitrogens is 2. The minimum Gasteiger partial charge on any atom is -0.395 e. The van der Waals surface area contributed by atoms with E-state index in [1.807, 2.05) is 6.07 Å². The van der Waals surface area contributed by atoms with Crippen molar-refractivity contribution in [2.75, 3.05) is 18.5 Å². The molecule has 0 saturated heterocycles. The number of nitriles is 1. The number of rotatable bonds is 6. The van der Waals surface area contributed by atoms with Crippen LogP contribution in [0, 0.1) is 11.3 Å². The third kappa shape index (κ3) is 3.94. The molecule has 0 aliphatic rings. The molecule has 8 heteroatoms. The molecule has 27 heavy (non-hydrogen) atoms. The first kappa shape index (κ1) is 18.1. The first-order chi connectivity index (χ1) is 13.1. The van der Waals surface area contributed by atoms with E-state index in [1.54, 1.807) is 30.3 Å². The topological polar surface area (TPSA) is 120 Å². The van der Waals surface area contributed by atoms with Crippen LogP contribution in [0.3, 0.4) is 0 Å². The number of nitrogens with one attached hydrogen (secondary N) is 2. The number of carbonyl (C=O) groups excluding carboxylic acids is 1. The van der Waals surface area contributed by atoms with Crippen molar-refractivity contribution >= 4 is 17.2 Å². The van der Waals surface area contributed by atoms with E-state index in [1.165, 1.54) is 16.8 Å². The van der Waals surface area contributed by atoms with E-state index in [-0.39, 0.29) is 35.9 Å². The molecule has 2 heterocycles. The fourth-order valence-corrected chi connectivity index (χ4v) is 2.58. The predicted octanol–water partition coefficient (Wildman–Crippen LogP) is 0.900. The van der Waals surface area contributed by atoms with Gasteiger partial charge in [0.2, 0.25) is 0 Å². The van der Waals surface area contributed by atoms with Crippen molar-refractivity contribution in [1.29, 1.82) is 5.26 Å². The van der Waals surface area contributed by atoms with E-state index in [0.717, 1.165) is 5.56 Å². The van der Waals surface area contributed by atoms with E-state index < -0.39 is 0 Å². The summed E-state index contributed by atoms with van der Waals surface area (Å²) in [4.78, 5) is 29.0. The Labute approximate surface area is 154 Å². The molecular weight excluding hydrogens is 346 g/mol. The second-order valence-corrected chi connectivity index (χ2v) is 5.73. The third-order valence-corrected chi connectivity index (χ3v) is 3.97. The van der Waals surface area contributed by atoms with Crippen molar-refractivity contribution < 1.29 is 9.90 Å². The molecule has 0 bridgehead atoms. The van der Waals surface area contributed by atoms with E-state index in [0.29, 0.717) is 17.8 Å². The number of hydrogen-bond acceptors (Lipinski definition) is 6. The van der Waals surface area contributed by atoms with Crippen molar-refractivity contribution in [1.82, 2.24) is 14.7 Å². The Morgan fingerprint density at radius 3 is 2.85 bits per heavy atom. The Hall–Kier alpha value is -3.70. The van der Waals surface area contributed by atoms with Gasteiger partial charge in [-0.3, -0.25) is 14.0 Å². The van der Waals surface area contributed by atoms with Gasteiger partial charge in [0.1, 0.15) is 11.3 Å². The number of benzene rings is 1. The Kier molecular flexibility index (Phi) is 5.44. The summed E-state index contributed by atoms with van der Waals surface area (Å²) in [5.74, 6) is -0.390. The molecule has 3 N–H and O–H groups in total. The summed E-state index contributed by atoms with van der Waals surface area (Å²) in [5, 5.41) is 23.5. The van der Waals surface area contributed by atoms with Crippen LogP contribution in [-0.4, -0.2) is 33.6 Å². The molecule has 3 aromatic rings. The fraction of sp³-hybridized carbons (Fsp3) is 0.158. The fourth-order valence-electron chi connectivity index (χ4n) is 2.58. The highest BCUT2D eigenvalue weighted by Gasteiger charge is 2.10. The summed E-state index contributed by atoms with van der Waals surface area (Å²) in [7, 11) is 0. The maximum Gasteiger partial charge on any atom is 0.281 e. The lowest BCUT2D eigenvalue weighted by atomic mass is 10.1. The summed E-state index contributed by atoms with van der Waals surface area (Å²) in [6.07, 6.45) is 2.84. The highest BCUT2D eigenvalue weighted by atomic mass is 16.3. The van der Waals surface area contributed by atoms with Gasteiger partial charge in [-0.1, -0.05) is 18.2 Å². The molecule has 2 aromatic heterocycles. The monoisotopic (exact) mass is 363 g/mol. The average Bonchev–Trinajstić information content (AvgIpc) is 2.71. The number of carbonyl (C=O) groups is 1. The van der Waals surface area contributed by atoms with E-state index in [9.17, 15) is 9.59 Å². The number of aliphatic hydroxyl groups excluding tert-OH is 1. The Morgan fingerprint density at radius 2 is 2.07 bits per heavy atom. The van der Waals surface area contributed by atoms with Crippen molar-refractivity contribution in [2.45, 2.75) is 6.54 Å². The lowest BCUT2D eigenvalue weighted by molar-refractivity contribution is 0.0944. The molecule has 8 nitrogen and oxygen atoms in total. The number of anilines is 1. The molecule has 0 unspecified atom stereocenters. The Morgan fingerprint density at radius 1 is 1.26 bits per heavy atom. The van der Waals surface area contributed by atoms with Gasteiger partial charge in [-0.15, -0.1) is 0 Å². The lowest BCUT2D eigenvalue weighted by Crippen LogP contribution is -2.27. The van der Waals surface area contributed by atoms with E-state index in [2.05, 4.69) is 21.7 Å². The standard InChI is InChI=1S/C19H17N5O3/c20-9-13-3-1-2-4-14(13)10-22-16-11-23-17-6-5-15(12-24(17)19(16)27)18(26)21-7-8-25/h1-6,11-12,22,25H,7-8,10H2,(H,21,26). The van der Waals surface area contributed by atoms with E-state index >= 15 is 0 Å². The molecule has 1 amide bonds. The summed E-state index contributed by atoms with van der Waals surface area (Å²) >= 11 is 0. The number of pyridine rings is 1. The normalized spacial score (nSPS) is 10.4. The minimum atomic E-state index is -0.390. The zero-order valence-corrected chi connectivity index (χ0v) is 14.3. The van der Waals surface area contributed by atoms with Gasteiger partial charge in [-0.25, -0.2) is 4.98 Å². The molecular formula is C19H17N5O3. The summed E-state index contributed by atoms with van der Waals surface area (Å²) in [6, 6.07) is 12.4. The zero-order chi connectivity index (χ0) is 19.2. The number of amides is 1. The van der Waals surface area contributed by atoms with Crippen molar-refractivity contribution in [3.63, 3.8) is 0 Å². The van der Waals surface area contributed by atoms with Gasteiger partial charge in [0.05, 0.1) is 30.0 Å². The van der Waals surface area contributed by atoms with Crippen molar-refractivity contribution in [2.24, 2.45) is 0 Å². The van der Waals surface area contributed by atoms with Crippen LogP contribution in [0.15, 0.2) is 53.6 Å². The molecule has 0 fully saturated rings. The molecule has 3 rings (SSSR count). The first-order valence-corrected chi connectivity index (χ1v) is 8.26. The van der Waals surface area contributed by atoms with Gasteiger partial charge in [0.15, 0.2) is 0 Å². The molecule has 0 atom stereocenters. The molecule has 0 radical (unpaired) electrons. The third-order valence-electron chi connectivity index (χ3n) is 3.97. The highest BCUT2D eigenvalue weighted by molar-refractivity contribution is 5.94. The maximum atomic E-state index is 12.7. The maximum absolute atomic E-state index is 12.7. The second kappa shape index (κ2) is 8.12. The summed E-state index contributed by atoms with van der Waals surface area (Å²) < 4.78 is 1.28. The van der Waals surface area contributed by atoms with Crippen molar-refractivity contribution in [3.8, 4) is 6.07 Å². The minimum absolute atomic E-state index is 0.129. The van der Waals surface area contributed by atoms with Gasteiger partial charge in [-0.05, 0) is 23.8 Å². The van der Waals surface area contributed by atoms with Crippen LogP contribution < -0.4 is 16.2 Å². The van der Waals surface area contributed by atoms with Gasteiger partial charge in [-0.2, -0.15) is 5.26 Å². The number of aliphatic hydroxyl groups is 1. The molecule has 0 saturated carbocycles. The summed E-state index contributed by atoms with van der Waals surface area (Å²) in [6.45, 7) is 0.256. The quantitative estimate of drug-likeness (QED) is 0.599. The molecule has 0 aliphatic heterocycles. The van der Waals surface area contributed by atoms with Gasteiger partial charge in [0, 0.05) is 19.3 Å². The van der Waals surface area contributed by atoms with Crippen molar-refractivity contribution in [3.05, 3.63) is 75.8 Å². The summed E-state index contributed by atoms with van der Waals surface area (Å²) in [5.41, 5.74) is 1.89. The molecule has 0 aliphatic carbocycles. The molecule has 0 spiro atoms. The van der Waals surface area contributed by atoms with E-state index in [4.69, 9.17) is 10.4 Å². The smallest absolute Gasteiger partial charge is 0.281 e. The Bertz CT molecular complexity index is 1080. The van der Waals surface area contributed by atoms with Gasteiger partial charge < -0.3 is 15.7 Å². The van der Waals surface area contributed by atoms with Gasteiger partial charge in [0.25, 0.3) is 11.5 Å². The number of nitrogens with zero attached hydrogens (tertiary/aromatic N) is 3. The molecule has 1 aromatic carbocycles. The van der Waals surface area contributed by atoms with Crippen LogP contribution in [0.1, 0.15) is 21.5 Å². The Balaban J connectivity index is 1.88.